The van der Waals surface area contributed by atoms with Crippen LogP contribution in [0.25, 0.3) is 0 Å². The molecule has 7 heteroatoms. The fourth-order valence-electron chi connectivity index (χ4n) is 2.16. The molecule has 0 amide bonds. The maximum atomic E-state index is 14.4. The van der Waals surface area contributed by atoms with Crippen LogP contribution < -0.4 is 11.2 Å². The zero-order chi connectivity index (χ0) is 15.1. The van der Waals surface area contributed by atoms with Gasteiger partial charge in [0, 0.05) is 11.8 Å². The summed E-state index contributed by atoms with van der Waals surface area (Å²) in [5.41, 5.74) is -3.63. The van der Waals surface area contributed by atoms with Crippen LogP contribution in [0.1, 0.15) is 11.6 Å². The Bertz CT molecular complexity index is 726. The molecule has 0 bridgehead atoms. The van der Waals surface area contributed by atoms with Crippen LogP contribution in [0.15, 0.2) is 27.9 Å². The van der Waals surface area contributed by atoms with Crippen LogP contribution >= 0.6 is 0 Å². The summed E-state index contributed by atoms with van der Waals surface area (Å²) in [5.74, 6) is -1.66. The van der Waals surface area contributed by atoms with Crippen LogP contribution in [-0.2, 0) is 0 Å². The highest BCUT2D eigenvalue weighted by Crippen LogP contribution is 2.50. The Hall–Kier alpha value is -2.20. The molecule has 5 nitrogen and oxygen atoms in total. The molecule has 1 aromatic rings. The number of aliphatic hydroxyl groups excluding tert-OH is 1. The van der Waals surface area contributed by atoms with Gasteiger partial charge >= 0.3 is 5.69 Å². The number of hydrogen-bond donors (Lipinski definition) is 2. The molecule has 1 aromatic heterocycles. The fourth-order valence-corrected chi connectivity index (χ4v) is 2.16. The standard InChI is InChI=1S/C13H12F2N2O3/c1-3-12(7-18)5-4-9(13(12,14)15)17-6-8(2)10(19)16-11(17)20/h1,4-6,9,18H,7H2,2H3,(H,16,19,20)/t9-,12-/m0/s1. The molecule has 2 rings (SSSR count). The van der Waals surface area contributed by atoms with Crippen LogP contribution in [0, 0.1) is 24.7 Å². The number of halogens is 2. The largest absolute Gasteiger partial charge is 0.394 e. The number of aromatic nitrogens is 2. The minimum Gasteiger partial charge on any atom is -0.394 e. The molecular formula is C13H12F2N2O3. The Balaban J connectivity index is 2.61. The minimum absolute atomic E-state index is 0.121. The molecule has 0 aromatic carbocycles. The molecule has 0 unspecified atom stereocenters. The van der Waals surface area contributed by atoms with Crippen molar-refractivity contribution < 1.29 is 13.9 Å². The predicted octanol–water partition coefficient (Wildman–Crippen LogP) is 0.203. The lowest BCUT2D eigenvalue weighted by atomic mass is 9.85. The van der Waals surface area contributed by atoms with Crippen molar-refractivity contribution in [3.8, 4) is 12.3 Å². The van der Waals surface area contributed by atoms with Gasteiger partial charge in [-0.3, -0.25) is 14.3 Å². The highest BCUT2D eigenvalue weighted by molar-refractivity contribution is 5.32. The second-order valence-electron chi connectivity index (χ2n) is 4.68. The molecule has 0 fully saturated rings. The number of hydrogen-bond acceptors (Lipinski definition) is 3. The van der Waals surface area contributed by atoms with Gasteiger partial charge in [0.15, 0.2) is 0 Å². The van der Waals surface area contributed by atoms with E-state index in [-0.39, 0.29) is 5.56 Å². The number of terminal acetylenes is 1. The van der Waals surface area contributed by atoms with Gasteiger partial charge in [-0.1, -0.05) is 18.1 Å². The van der Waals surface area contributed by atoms with Crippen LogP contribution in [0.5, 0.6) is 0 Å². The second kappa shape index (κ2) is 4.42. The van der Waals surface area contributed by atoms with Crippen molar-refractivity contribution in [3.63, 3.8) is 0 Å². The number of rotatable bonds is 2. The second-order valence-corrected chi connectivity index (χ2v) is 4.68. The summed E-state index contributed by atoms with van der Waals surface area (Å²) >= 11 is 0. The SMILES string of the molecule is C#C[C@@]1(CO)C=C[C@H](n2cc(C)c(=O)[nH]c2=O)C1(F)F. The van der Waals surface area contributed by atoms with Gasteiger partial charge in [0.25, 0.3) is 11.5 Å². The van der Waals surface area contributed by atoms with Gasteiger partial charge < -0.3 is 5.11 Å². The van der Waals surface area contributed by atoms with E-state index in [1.54, 1.807) is 0 Å². The number of H-pyrrole nitrogens is 1. The molecule has 1 heterocycles. The Morgan fingerprint density at radius 1 is 1.55 bits per heavy atom. The summed E-state index contributed by atoms with van der Waals surface area (Å²) in [4.78, 5) is 24.9. The Labute approximate surface area is 112 Å². The van der Waals surface area contributed by atoms with Gasteiger partial charge in [-0.15, -0.1) is 6.42 Å². The normalized spacial score (nSPS) is 27.4. The molecule has 20 heavy (non-hydrogen) atoms. The zero-order valence-corrected chi connectivity index (χ0v) is 10.6. The quantitative estimate of drug-likeness (QED) is 0.601. The third kappa shape index (κ3) is 1.72. The maximum Gasteiger partial charge on any atom is 0.329 e. The van der Waals surface area contributed by atoms with Gasteiger partial charge in [0.1, 0.15) is 11.5 Å². The molecule has 0 aliphatic heterocycles. The van der Waals surface area contributed by atoms with Crippen LogP contribution in [-0.4, -0.2) is 27.2 Å². The molecule has 0 saturated carbocycles. The zero-order valence-electron chi connectivity index (χ0n) is 10.6. The average Bonchev–Trinajstić information content (AvgIpc) is 2.65. The van der Waals surface area contributed by atoms with Gasteiger partial charge in [-0.05, 0) is 6.92 Å². The third-order valence-electron chi connectivity index (χ3n) is 3.48. The summed E-state index contributed by atoms with van der Waals surface area (Å²) in [6.45, 7) is 0.451. The highest BCUT2D eigenvalue weighted by Gasteiger charge is 2.60. The van der Waals surface area contributed by atoms with Gasteiger partial charge in [-0.25, -0.2) is 13.6 Å². The lowest BCUT2D eigenvalue weighted by Crippen LogP contribution is -2.46. The van der Waals surface area contributed by atoms with E-state index in [0.717, 1.165) is 18.3 Å². The first-order valence-corrected chi connectivity index (χ1v) is 5.77. The number of aromatic amines is 1. The number of nitrogens with zero attached hydrogens (tertiary/aromatic N) is 1. The van der Waals surface area contributed by atoms with E-state index in [2.05, 4.69) is 0 Å². The topological polar surface area (TPSA) is 75.1 Å². The Morgan fingerprint density at radius 3 is 2.70 bits per heavy atom. The van der Waals surface area contributed by atoms with E-state index < -0.39 is 35.2 Å². The molecule has 0 spiro atoms. The summed E-state index contributed by atoms with van der Waals surface area (Å²) in [5, 5.41) is 9.17. The first kappa shape index (κ1) is 14.2. The van der Waals surface area contributed by atoms with E-state index in [1.807, 2.05) is 10.9 Å². The maximum absolute atomic E-state index is 14.4. The van der Waals surface area contributed by atoms with Crippen molar-refractivity contribution >= 4 is 0 Å². The number of alkyl halides is 2. The van der Waals surface area contributed by atoms with Crippen molar-refractivity contribution in [1.82, 2.24) is 9.55 Å². The van der Waals surface area contributed by atoms with E-state index in [4.69, 9.17) is 11.5 Å². The van der Waals surface area contributed by atoms with E-state index in [1.165, 1.54) is 6.92 Å². The minimum atomic E-state index is -3.55. The molecule has 2 N–H and O–H groups in total. The summed E-state index contributed by atoms with van der Waals surface area (Å²) in [6, 6.07) is -1.66. The van der Waals surface area contributed by atoms with Crippen molar-refractivity contribution in [2.75, 3.05) is 6.61 Å². The summed E-state index contributed by atoms with van der Waals surface area (Å²) < 4.78 is 29.5. The molecule has 1 aliphatic rings. The number of nitrogens with one attached hydrogen (secondary N) is 1. The smallest absolute Gasteiger partial charge is 0.329 e. The third-order valence-corrected chi connectivity index (χ3v) is 3.48. The average molecular weight is 282 g/mol. The van der Waals surface area contributed by atoms with Crippen LogP contribution in [0.3, 0.4) is 0 Å². The van der Waals surface area contributed by atoms with E-state index >= 15 is 0 Å². The van der Waals surface area contributed by atoms with Crippen molar-refractivity contribution in [2.45, 2.75) is 18.9 Å². The lowest BCUT2D eigenvalue weighted by Gasteiger charge is -2.31. The Morgan fingerprint density at radius 2 is 2.20 bits per heavy atom. The van der Waals surface area contributed by atoms with Gasteiger partial charge in [0.2, 0.25) is 0 Å². The molecular weight excluding hydrogens is 270 g/mol. The van der Waals surface area contributed by atoms with Crippen LogP contribution in [0.4, 0.5) is 8.78 Å². The summed E-state index contributed by atoms with van der Waals surface area (Å²) in [6.07, 6.45) is 8.23. The van der Waals surface area contributed by atoms with Gasteiger partial charge in [-0.2, -0.15) is 0 Å². The van der Waals surface area contributed by atoms with Crippen molar-refractivity contribution in [2.24, 2.45) is 5.41 Å². The van der Waals surface area contributed by atoms with Crippen molar-refractivity contribution in [1.29, 1.82) is 0 Å². The van der Waals surface area contributed by atoms with Gasteiger partial charge in [0.05, 0.1) is 6.61 Å². The number of aliphatic hydroxyl groups is 1. The first-order valence-electron chi connectivity index (χ1n) is 5.77. The molecule has 106 valence electrons. The predicted molar refractivity (Wildman–Crippen MR) is 67.5 cm³/mol. The van der Waals surface area contributed by atoms with E-state index in [9.17, 15) is 18.4 Å². The highest BCUT2D eigenvalue weighted by atomic mass is 19.3. The monoisotopic (exact) mass is 282 g/mol. The molecule has 0 saturated heterocycles. The molecule has 0 radical (unpaired) electrons. The number of allylic oxidation sites excluding steroid dienone is 1. The first-order chi connectivity index (χ1) is 9.29. The Kier molecular flexibility index (Phi) is 3.14. The molecule has 2 atom stereocenters. The number of aryl methyl sites for hydroxylation is 1. The molecule has 1 aliphatic carbocycles. The van der Waals surface area contributed by atoms with Crippen molar-refractivity contribution in [3.05, 3.63) is 44.8 Å². The van der Waals surface area contributed by atoms with Crippen LogP contribution in [0.2, 0.25) is 0 Å². The fraction of sp³-hybridized carbons (Fsp3) is 0.385. The summed E-state index contributed by atoms with van der Waals surface area (Å²) in [7, 11) is 0. The lowest BCUT2D eigenvalue weighted by molar-refractivity contribution is -0.105. The van der Waals surface area contributed by atoms with E-state index in [0.29, 0.717) is 4.57 Å².